The zero-order chi connectivity index (χ0) is 23.8. The number of halogens is 1. The molecular formula is C25H27FN2O3S2. The molecular weight excluding hydrogens is 459 g/mol. The van der Waals surface area contributed by atoms with Crippen LogP contribution < -0.4 is 0 Å². The molecule has 1 aliphatic heterocycles. The van der Waals surface area contributed by atoms with Crippen molar-refractivity contribution in [2.24, 2.45) is 0 Å². The van der Waals surface area contributed by atoms with Crippen LogP contribution in [0.3, 0.4) is 0 Å². The molecule has 0 radical (unpaired) electrons. The molecule has 0 aliphatic carbocycles. The first-order valence-corrected chi connectivity index (χ1v) is 13.1. The predicted molar refractivity (Wildman–Crippen MR) is 128 cm³/mol. The van der Waals surface area contributed by atoms with Gasteiger partial charge in [0.15, 0.2) is 0 Å². The number of sulfonamides is 1. The van der Waals surface area contributed by atoms with Crippen molar-refractivity contribution in [2.45, 2.75) is 43.7 Å². The third-order valence-electron chi connectivity index (χ3n) is 5.83. The van der Waals surface area contributed by atoms with Gasteiger partial charge in [-0.1, -0.05) is 30.3 Å². The van der Waals surface area contributed by atoms with Gasteiger partial charge in [0.1, 0.15) is 5.82 Å². The second-order valence-electron chi connectivity index (χ2n) is 9.09. The predicted octanol–water partition coefficient (Wildman–Crippen LogP) is 4.85. The van der Waals surface area contributed by atoms with Gasteiger partial charge in [-0.3, -0.25) is 4.79 Å². The lowest BCUT2D eigenvalue weighted by molar-refractivity contribution is -0.134. The molecule has 0 spiro atoms. The standard InChI is InChI=1S/C25H27FN2O3S2/c1-25(2,3)28(33(30,31)20-7-5-4-6-8-20)17-23(29)27-15-13-22-21(14-16-32-22)24(27)18-9-11-19(26)12-10-18/h4-12,14,16,24H,13,15,17H2,1-3H3. The lowest BCUT2D eigenvalue weighted by atomic mass is 9.93. The van der Waals surface area contributed by atoms with Crippen LogP contribution >= 0.6 is 11.3 Å². The second kappa shape index (κ2) is 9.00. The van der Waals surface area contributed by atoms with Crippen molar-refractivity contribution in [2.75, 3.05) is 13.1 Å². The molecule has 2 aromatic carbocycles. The molecule has 0 saturated carbocycles. The van der Waals surface area contributed by atoms with Gasteiger partial charge in [-0.05, 0) is 74.0 Å². The van der Waals surface area contributed by atoms with Gasteiger partial charge in [-0.15, -0.1) is 11.3 Å². The van der Waals surface area contributed by atoms with Crippen LogP contribution in [0.1, 0.15) is 42.8 Å². The first kappa shape index (κ1) is 23.6. The van der Waals surface area contributed by atoms with Crippen LogP contribution in [-0.2, 0) is 21.2 Å². The highest BCUT2D eigenvalue weighted by Gasteiger charge is 2.39. The molecule has 174 valence electrons. The first-order chi connectivity index (χ1) is 15.6. The Morgan fingerprint density at radius 2 is 1.76 bits per heavy atom. The lowest BCUT2D eigenvalue weighted by Gasteiger charge is -2.40. The monoisotopic (exact) mass is 486 g/mol. The quantitative estimate of drug-likeness (QED) is 0.518. The topological polar surface area (TPSA) is 57.7 Å². The minimum atomic E-state index is -3.89. The summed E-state index contributed by atoms with van der Waals surface area (Å²) in [6.45, 7) is 5.54. The highest BCUT2D eigenvalue weighted by Crippen LogP contribution is 2.38. The number of rotatable bonds is 5. The fraction of sp³-hybridized carbons (Fsp3) is 0.320. The Morgan fingerprint density at radius 3 is 2.39 bits per heavy atom. The molecule has 0 bridgehead atoms. The largest absolute Gasteiger partial charge is 0.330 e. The molecule has 0 N–H and O–H groups in total. The fourth-order valence-electron chi connectivity index (χ4n) is 4.21. The summed E-state index contributed by atoms with van der Waals surface area (Å²) in [5.41, 5.74) is 1.01. The number of hydrogen-bond donors (Lipinski definition) is 0. The second-order valence-corrected chi connectivity index (χ2v) is 11.9. The minimum absolute atomic E-state index is 0.154. The van der Waals surface area contributed by atoms with Gasteiger partial charge in [0.05, 0.1) is 17.5 Å². The fourth-order valence-corrected chi connectivity index (χ4v) is 6.87. The number of amides is 1. The Balaban J connectivity index is 1.70. The van der Waals surface area contributed by atoms with Crippen molar-refractivity contribution in [3.05, 3.63) is 87.9 Å². The van der Waals surface area contributed by atoms with Gasteiger partial charge in [0.2, 0.25) is 15.9 Å². The van der Waals surface area contributed by atoms with Gasteiger partial charge in [-0.2, -0.15) is 4.31 Å². The third-order valence-corrected chi connectivity index (χ3v) is 8.95. The molecule has 1 aliphatic rings. The van der Waals surface area contributed by atoms with E-state index < -0.39 is 15.6 Å². The van der Waals surface area contributed by atoms with Gasteiger partial charge in [0.25, 0.3) is 0 Å². The molecule has 1 unspecified atom stereocenters. The Hall–Kier alpha value is -2.55. The maximum atomic E-state index is 13.7. The van der Waals surface area contributed by atoms with E-state index in [1.54, 1.807) is 79.5 Å². The minimum Gasteiger partial charge on any atom is -0.330 e. The molecule has 5 nitrogen and oxygen atoms in total. The van der Waals surface area contributed by atoms with Gasteiger partial charge < -0.3 is 4.90 Å². The summed E-state index contributed by atoms with van der Waals surface area (Å²) < 4.78 is 41.8. The molecule has 1 amide bonds. The number of fused-ring (bicyclic) bond motifs is 1. The maximum absolute atomic E-state index is 13.7. The van der Waals surface area contributed by atoms with Gasteiger partial charge in [-0.25, -0.2) is 12.8 Å². The zero-order valence-electron chi connectivity index (χ0n) is 18.9. The van der Waals surface area contributed by atoms with Crippen molar-refractivity contribution in [3.63, 3.8) is 0 Å². The molecule has 3 aromatic rings. The number of thiophene rings is 1. The van der Waals surface area contributed by atoms with Crippen LogP contribution in [0.4, 0.5) is 4.39 Å². The molecule has 1 atom stereocenters. The molecule has 8 heteroatoms. The highest BCUT2D eigenvalue weighted by atomic mass is 32.2. The van der Waals surface area contributed by atoms with Crippen molar-refractivity contribution in [1.82, 2.24) is 9.21 Å². The van der Waals surface area contributed by atoms with Crippen LogP contribution in [0, 0.1) is 5.82 Å². The van der Waals surface area contributed by atoms with E-state index in [1.807, 2.05) is 11.4 Å². The number of hydrogen-bond acceptors (Lipinski definition) is 4. The van der Waals surface area contributed by atoms with E-state index >= 15 is 0 Å². The SMILES string of the molecule is CC(C)(C)N(CC(=O)N1CCc2sccc2C1c1ccc(F)cc1)S(=O)(=O)c1ccccc1. The third kappa shape index (κ3) is 4.74. The highest BCUT2D eigenvalue weighted by molar-refractivity contribution is 7.89. The van der Waals surface area contributed by atoms with E-state index in [1.165, 1.54) is 21.3 Å². The van der Waals surface area contributed by atoms with E-state index in [2.05, 4.69) is 0 Å². The van der Waals surface area contributed by atoms with E-state index in [0.717, 1.165) is 11.1 Å². The van der Waals surface area contributed by atoms with Crippen molar-refractivity contribution >= 4 is 27.3 Å². The van der Waals surface area contributed by atoms with Crippen LogP contribution in [0.15, 0.2) is 70.9 Å². The number of nitrogens with zero attached hydrogens (tertiary/aromatic N) is 2. The summed E-state index contributed by atoms with van der Waals surface area (Å²) in [5, 5.41) is 2.00. The van der Waals surface area contributed by atoms with E-state index in [-0.39, 0.29) is 29.2 Å². The van der Waals surface area contributed by atoms with Crippen LogP contribution in [0.5, 0.6) is 0 Å². The Kier molecular flexibility index (Phi) is 6.44. The number of carbonyl (C=O) groups is 1. The summed E-state index contributed by atoms with van der Waals surface area (Å²) in [6.07, 6.45) is 0.706. The smallest absolute Gasteiger partial charge is 0.244 e. The molecule has 0 saturated heterocycles. The zero-order valence-corrected chi connectivity index (χ0v) is 20.5. The Labute approximate surface area is 198 Å². The molecule has 2 heterocycles. The summed E-state index contributed by atoms with van der Waals surface area (Å²) in [5.74, 6) is -0.624. The van der Waals surface area contributed by atoms with Crippen LogP contribution in [0.2, 0.25) is 0 Å². The summed E-state index contributed by atoms with van der Waals surface area (Å²) in [4.78, 5) is 16.7. The Bertz CT molecular complexity index is 1230. The Morgan fingerprint density at radius 1 is 1.09 bits per heavy atom. The number of carbonyl (C=O) groups excluding carboxylic acids is 1. The van der Waals surface area contributed by atoms with E-state index in [0.29, 0.717) is 13.0 Å². The van der Waals surface area contributed by atoms with Crippen LogP contribution in [-0.4, -0.2) is 42.2 Å². The van der Waals surface area contributed by atoms with Crippen molar-refractivity contribution in [1.29, 1.82) is 0 Å². The number of benzene rings is 2. The lowest BCUT2D eigenvalue weighted by Crippen LogP contribution is -2.52. The normalized spacial score (nSPS) is 16.6. The van der Waals surface area contributed by atoms with Crippen molar-refractivity contribution < 1.29 is 17.6 Å². The molecule has 0 fully saturated rings. The average Bonchev–Trinajstić information content (AvgIpc) is 3.26. The van der Waals surface area contributed by atoms with Crippen LogP contribution in [0.25, 0.3) is 0 Å². The first-order valence-electron chi connectivity index (χ1n) is 10.8. The van der Waals surface area contributed by atoms with E-state index in [9.17, 15) is 17.6 Å². The molecule has 4 rings (SSSR count). The van der Waals surface area contributed by atoms with Crippen molar-refractivity contribution in [3.8, 4) is 0 Å². The van der Waals surface area contributed by atoms with E-state index in [4.69, 9.17) is 0 Å². The van der Waals surface area contributed by atoms with Gasteiger partial charge >= 0.3 is 0 Å². The van der Waals surface area contributed by atoms with Gasteiger partial charge in [0, 0.05) is 17.0 Å². The average molecular weight is 487 g/mol. The summed E-state index contributed by atoms with van der Waals surface area (Å²) in [7, 11) is -3.89. The summed E-state index contributed by atoms with van der Waals surface area (Å²) >= 11 is 1.64. The molecule has 1 aromatic heterocycles. The molecule has 33 heavy (non-hydrogen) atoms. The summed E-state index contributed by atoms with van der Waals surface area (Å²) in [6, 6.07) is 15.9. The maximum Gasteiger partial charge on any atom is 0.244 e.